The van der Waals surface area contributed by atoms with Gasteiger partial charge in [-0.3, -0.25) is 14.4 Å². The van der Waals surface area contributed by atoms with Gasteiger partial charge in [-0.1, -0.05) is 62.4 Å². The maximum absolute atomic E-state index is 13.0. The van der Waals surface area contributed by atoms with E-state index in [-0.39, 0.29) is 23.0 Å². The fraction of sp³-hybridized carbons (Fsp3) is 0.125. The molecule has 1 aliphatic rings. The van der Waals surface area contributed by atoms with Gasteiger partial charge in [0.2, 0.25) is 0 Å². The quantitative estimate of drug-likeness (QED) is 0.562. The van der Waals surface area contributed by atoms with E-state index in [9.17, 15) is 14.4 Å². The van der Waals surface area contributed by atoms with Gasteiger partial charge in [0.25, 0.3) is 5.91 Å². The van der Waals surface area contributed by atoms with Crippen LogP contribution in [0.5, 0.6) is 0 Å². The molecular formula is C24H19NO3. The molecule has 1 aliphatic carbocycles. The van der Waals surface area contributed by atoms with E-state index < -0.39 is 0 Å². The minimum Gasteiger partial charge on any atom is -0.321 e. The van der Waals surface area contributed by atoms with Crippen molar-refractivity contribution in [2.45, 2.75) is 19.8 Å². The molecule has 4 heteroatoms. The summed E-state index contributed by atoms with van der Waals surface area (Å²) in [6, 6.07) is 19.1. The number of rotatable bonds is 3. The van der Waals surface area contributed by atoms with E-state index in [1.165, 1.54) is 0 Å². The van der Waals surface area contributed by atoms with Crippen LogP contribution in [0.25, 0.3) is 0 Å². The Morgan fingerprint density at radius 1 is 0.750 bits per heavy atom. The second-order valence-corrected chi connectivity index (χ2v) is 7.16. The van der Waals surface area contributed by atoms with Crippen LogP contribution in [0.2, 0.25) is 0 Å². The van der Waals surface area contributed by atoms with Gasteiger partial charge in [0.1, 0.15) is 0 Å². The van der Waals surface area contributed by atoms with Gasteiger partial charge in [0.05, 0.1) is 11.3 Å². The highest BCUT2D eigenvalue weighted by Gasteiger charge is 2.31. The molecule has 0 saturated heterocycles. The van der Waals surface area contributed by atoms with E-state index in [0.717, 1.165) is 5.56 Å². The lowest BCUT2D eigenvalue weighted by Crippen LogP contribution is -2.23. The second kappa shape index (κ2) is 6.89. The number of carbonyl (C=O) groups is 3. The minimum atomic E-state index is -0.317. The van der Waals surface area contributed by atoms with Crippen molar-refractivity contribution >= 4 is 23.2 Å². The normalized spacial score (nSPS) is 12.5. The molecule has 0 heterocycles. The number of fused-ring (bicyclic) bond motifs is 2. The summed E-state index contributed by atoms with van der Waals surface area (Å²) in [4.78, 5) is 38.5. The summed E-state index contributed by atoms with van der Waals surface area (Å²) in [5.41, 5.74) is 3.32. The van der Waals surface area contributed by atoms with Crippen LogP contribution in [0.3, 0.4) is 0 Å². The van der Waals surface area contributed by atoms with Crippen molar-refractivity contribution < 1.29 is 14.4 Å². The highest BCUT2D eigenvalue weighted by atomic mass is 16.2. The third-order valence-electron chi connectivity index (χ3n) is 5.04. The smallest absolute Gasteiger partial charge is 0.255 e. The van der Waals surface area contributed by atoms with Crippen LogP contribution >= 0.6 is 0 Å². The number of ketones is 2. The molecule has 0 radical (unpaired) electrons. The Morgan fingerprint density at radius 2 is 1.36 bits per heavy atom. The van der Waals surface area contributed by atoms with E-state index in [1.54, 1.807) is 54.6 Å². The lowest BCUT2D eigenvalue weighted by atomic mass is 9.83. The van der Waals surface area contributed by atoms with E-state index in [1.807, 2.05) is 12.1 Å². The molecule has 0 bridgehead atoms. The topological polar surface area (TPSA) is 63.2 Å². The van der Waals surface area contributed by atoms with Gasteiger partial charge in [-0.25, -0.2) is 0 Å². The SMILES string of the molecule is CC(C)c1ccc(C(=O)Nc2cccc3c2C(=O)c2ccccc2C3=O)cc1. The molecule has 138 valence electrons. The molecule has 3 aromatic rings. The molecule has 1 N–H and O–H groups in total. The first-order chi connectivity index (χ1) is 13.5. The predicted octanol–water partition coefficient (Wildman–Crippen LogP) is 4.84. The number of amides is 1. The zero-order valence-corrected chi connectivity index (χ0v) is 15.7. The Morgan fingerprint density at radius 3 is 2.00 bits per heavy atom. The van der Waals surface area contributed by atoms with Gasteiger partial charge < -0.3 is 5.32 Å². The zero-order chi connectivity index (χ0) is 19.8. The third-order valence-corrected chi connectivity index (χ3v) is 5.04. The number of hydrogen-bond acceptors (Lipinski definition) is 3. The van der Waals surface area contributed by atoms with Crippen LogP contribution in [-0.2, 0) is 0 Å². The Hall–Kier alpha value is -3.53. The van der Waals surface area contributed by atoms with Crippen LogP contribution in [0, 0.1) is 0 Å². The van der Waals surface area contributed by atoms with Crippen molar-refractivity contribution in [3.63, 3.8) is 0 Å². The molecule has 0 fully saturated rings. The van der Waals surface area contributed by atoms with Gasteiger partial charge in [0, 0.05) is 22.3 Å². The molecule has 0 unspecified atom stereocenters. The summed E-state index contributed by atoms with van der Waals surface area (Å²) < 4.78 is 0. The molecule has 0 saturated carbocycles. The first kappa shape index (κ1) is 17.9. The number of hydrogen-bond donors (Lipinski definition) is 1. The number of nitrogens with one attached hydrogen (secondary N) is 1. The summed E-state index contributed by atoms with van der Waals surface area (Å²) in [7, 11) is 0. The summed E-state index contributed by atoms with van der Waals surface area (Å²) in [5, 5.41) is 2.80. The predicted molar refractivity (Wildman–Crippen MR) is 108 cm³/mol. The summed E-state index contributed by atoms with van der Waals surface area (Å²) in [6.07, 6.45) is 0. The van der Waals surface area contributed by atoms with Gasteiger partial charge in [0.15, 0.2) is 11.6 Å². The lowest BCUT2D eigenvalue weighted by molar-refractivity contribution is 0.0978. The molecule has 0 aromatic heterocycles. The molecule has 1 amide bonds. The average Bonchev–Trinajstić information content (AvgIpc) is 2.72. The number of carbonyl (C=O) groups excluding carboxylic acids is 3. The standard InChI is InChI=1S/C24H19NO3/c1-14(2)15-10-12-16(13-11-15)24(28)25-20-9-5-8-19-21(20)23(27)18-7-4-3-6-17(18)22(19)26/h3-14H,1-2H3,(H,25,28). The van der Waals surface area contributed by atoms with Crippen molar-refractivity contribution in [2.24, 2.45) is 0 Å². The maximum atomic E-state index is 13.0. The van der Waals surface area contributed by atoms with Crippen LogP contribution in [0.15, 0.2) is 66.7 Å². The van der Waals surface area contributed by atoms with Gasteiger partial charge in [-0.2, -0.15) is 0 Å². The van der Waals surface area contributed by atoms with Crippen molar-refractivity contribution in [2.75, 3.05) is 5.32 Å². The van der Waals surface area contributed by atoms with Crippen LogP contribution in [-0.4, -0.2) is 17.5 Å². The first-order valence-corrected chi connectivity index (χ1v) is 9.20. The molecule has 0 atom stereocenters. The molecule has 4 rings (SSSR count). The van der Waals surface area contributed by atoms with E-state index in [0.29, 0.717) is 33.9 Å². The highest BCUT2D eigenvalue weighted by Crippen LogP contribution is 2.32. The molecular weight excluding hydrogens is 350 g/mol. The van der Waals surface area contributed by atoms with Gasteiger partial charge >= 0.3 is 0 Å². The Labute approximate surface area is 163 Å². The van der Waals surface area contributed by atoms with E-state index >= 15 is 0 Å². The van der Waals surface area contributed by atoms with Gasteiger partial charge in [-0.15, -0.1) is 0 Å². The van der Waals surface area contributed by atoms with Crippen molar-refractivity contribution in [3.8, 4) is 0 Å². The first-order valence-electron chi connectivity index (χ1n) is 9.20. The fourth-order valence-electron chi connectivity index (χ4n) is 3.46. The van der Waals surface area contributed by atoms with Crippen molar-refractivity contribution in [3.05, 3.63) is 100 Å². The highest BCUT2D eigenvalue weighted by molar-refractivity contribution is 6.30. The van der Waals surface area contributed by atoms with Crippen LogP contribution < -0.4 is 5.32 Å². The Bertz CT molecular complexity index is 1110. The summed E-state index contributed by atoms with van der Waals surface area (Å²) >= 11 is 0. The molecule has 0 spiro atoms. The maximum Gasteiger partial charge on any atom is 0.255 e. The average molecular weight is 369 g/mol. The second-order valence-electron chi connectivity index (χ2n) is 7.16. The van der Waals surface area contributed by atoms with Gasteiger partial charge in [-0.05, 0) is 29.7 Å². The number of benzene rings is 3. The molecule has 28 heavy (non-hydrogen) atoms. The van der Waals surface area contributed by atoms with Crippen LogP contribution in [0.4, 0.5) is 5.69 Å². The lowest BCUT2D eigenvalue weighted by Gasteiger charge is -2.20. The molecule has 4 nitrogen and oxygen atoms in total. The van der Waals surface area contributed by atoms with E-state index in [4.69, 9.17) is 0 Å². The van der Waals surface area contributed by atoms with Crippen LogP contribution in [0.1, 0.15) is 67.5 Å². The summed E-state index contributed by atoms with van der Waals surface area (Å²) in [5.74, 6) is -0.399. The largest absolute Gasteiger partial charge is 0.321 e. The zero-order valence-electron chi connectivity index (χ0n) is 15.7. The third kappa shape index (κ3) is 2.93. The minimum absolute atomic E-state index is 0.206. The van der Waals surface area contributed by atoms with Crippen molar-refractivity contribution in [1.29, 1.82) is 0 Å². The molecule has 0 aliphatic heterocycles. The van der Waals surface area contributed by atoms with E-state index in [2.05, 4.69) is 19.2 Å². The Balaban J connectivity index is 1.70. The summed E-state index contributed by atoms with van der Waals surface area (Å²) in [6.45, 7) is 4.18. The van der Waals surface area contributed by atoms with Crippen molar-refractivity contribution in [1.82, 2.24) is 0 Å². The Kier molecular flexibility index (Phi) is 4.40. The monoisotopic (exact) mass is 369 g/mol. The number of anilines is 1. The molecule has 3 aromatic carbocycles. The fourth-order valence-corrected chi connectivity index (χ4v) is 3.46.